The summed E-state index contributed by atoms with van der Waals surface area (Å²) in [5.74, 6) is 0.485. The predicted octanol–water partition coefficient (Wildman–Crippen LogP) is 6.41. The van der Waals surface area contributed by atoms with Gasteiger partial charge >= 0.3 is 0 Å². The summed E-state index contributed by atoms with van der Waals surface area (Å²) in [6.07, 6.45) is 0. The lowest BCUT2D eigenvalue weighted by Crippen LogP contribution is -2.02. The topological polar surface area (TPSA) is 59.5 Å². The first-order chi connectivity index (χ1) is 16.5. The van der Waals surface area contributed by atoms with Crippen molar-refractivity contribution in [3.8, 4) is 28.8 Å². The molecule has 0 bridgehead atoms. The van der Waals surface area contributed by atoms with Crippen LogP contribution in [0.2, 0.25) is 0 Å². The highest BCUT2D eigenvalue weighted by molar-refractivity contribution is 6.01. The van der Waals surface area contributed by atoms with Gasteiger partial charge < -0.3 is 14.1 Å². The van der Waals surface area contributed by atoms with Crippen molar-refractivity contribution in [1.29, 1.82) is 5.26 Å². The van der Waals surface area contributed by atoms with Gasteiger partial charge in [0.2, 0.25) is 0 Å². The Hall–Kier alpha value is -4.37. The van der Waals surface area contributed by atoms with Crippen molar-refractivity contribution < 1.29 is 14.0 Å². The molecule has 3 aromatic carbocycles. The summed E-state index contributed by atoms with van der Waals surface area (Å²) in [5, 5.41) is 13.4. The van der Waals surface area contributed by atoms with Crippen LogP contribution in [-0.4, -0.2) is 17.4 Å². The smallest absolute Gasteiger partial charge is 0.142 e. The van der Waals surface area contributed by atoms with E-state index in [2.05, 4.69) is 15.8 Å². The molecule has 1 aromatic heterocycles. The number of ether oxygens (including phenoxy) is 1. The molecule has 0 N–H and O–H groups in total. The zero-order chi connectivity index (χ0) is 24.1. The van der Waals surface area contributed by atoms with Crippen LogP contribution in [0.3, 0.4) is 0 Å². The second-order valence-corrected chi connectivity index (χ2v) is 7.83. The molecule has 6 heteroatoms. The number of aromatic nitrogens is 1. The quantitative estimate of drug-likeness (QED) is 0.240. The molecular weight excluding hydrogens is 429 g/mol. The molecule has 0 aliphatic carbocycles. The van der Waals surface area contributed by atoms with Gasteiger partial charge in [0.25, 0.3) is 0 Å². The lowest BCUT2D eigenvalue weighted by molar-refractivity contribution is 0.130. The maximum absolute atomic E-state index is 13.6. The summed E-state index contributed by atoms with van der Waals surface area (Å²) in [4.78, 5) is 5.60. The van der Waals surface area contributed by atoms with Crippen molar-refractivity contribution in [3.05, 3.63) is 107 Å². The minimum Gasteiger partial charge on any atom is -0.497 e. The van der Waals surface area contributed by atoms with Crippen LogP contribution in [-0.2, 0) is 11.4 Å². The minimum atomic E-state index is -0.283. The van der Waals surface area contributed by atoms with Gasteiger partial charge in [-0.05, 0) is 91.7 Å². The molecule has 4 rings (SSSR count). The fourth-order valence-corrected chi connectivity index (χ4v) is 3.85. The van der Waals surface area contributed by atoms with Crippen LogP contribution in [0.5, 0.6) is 5.75 Å². The first-order valence-electron chi connectivity index (χ1n) is 10.8. The molecule has 0 saturated carbocycles. The fraction of sp³-hybridized carbons (Fsp3) is 0.143. The zero-order valence-electron chi connectivity index (χ0n) is 19.2. The summed E-state index contributed by atoms with van der Waals surface area (Å²) in [5.41, 5.74) is 6.80. The fourth-order valence-electron chi connectivity index (χ4n) is 3.85. The number of rotatable bonds is 7. The number of benzene rings is 3. The van der Waals surface area contributed by atoms with Gasteiger partial charge in [0.05, 0.1) is 30.1 Å². The molecule has 0 spiro atoms. The van der Waals surface area contributed by atoms with E-state index < -0.39 is 0 Å². The van der Waals surface area contributed by atoms with Crippen LogP contribution in [0.15, 0.2) is 84.0 Å². The average Bonchev–Trinajstić information content (AvgIpc) is 3.21. The number of methoxy groups -OCH3 is 1. The molecule has 34 heavy (non-hydrogen) atoms. The van der Waals surface area contributed by atoms with E-state index >= 15 is 0 Å². The third-order valence-electron chi connectivity index (χ3n) is 5.60. The van der Waals surface area contributed by atoms with E-state index in [4.69, 9.17) is 14.8 Å². The van der Waals surface area contributed by atoms with Crippen LogP contribution in [0.1, 0.15) is 29.3 Å². The minimum absolute atomic E-state index is 0.260. The van der Waals surface area contributed by atoms with Crippen molar-refractivity contribution in [2.75, 3.05) is 7.11 Å². The number of nitrogens with zero attached hydrogens (tertiary/aromatic N) is 3. The van der Waals surface area contributed by atoms with E-state index in [0.29, 0.717) is 11.3 Å². The molecule has 0 amide bonds. The van der Waals surface area contributed by atoms with Crippen molar-refractivity contribution in [2.24, 2.45) is 5.16 Å². The highest BCUT2D eigenvalue weighted by Gasteiger charge is 2.17. The Kier molecular flexibility index (Phi) is 6.74. The predicted molar refractivity (Wildman–Crippen MR) is 131 cm³/mol. The molecule has 0 saturated heterocycles. The van der Waals surface area contributed by atoms with E-state index in [1.807, 2.05) is 56.3 Å². The van der Waals surface area contributed by atoms with Crippen molar-refractivity contribution in [1.82, 2.24) is 4.57 Å². The van der Waals surface area contributed by atoms with Crippen LogP contribution in [0, 0.1) is 24.1 Å². The number of halogens is 1. The maximum Gasteiger partial charge on any atom is 0.142 e. The van der Waals surface area contributed by atoms with Gasteiger partial charge in [0.1, 0.15) is 18.2 Å². The molecule has 5 nitrogen and oxygen atoms in total. The first-order valence-corrected chi connectivity index (χ1v) is 10.8. The molecule has 0 aliphatic heterocycles. The number of nitriles is 1. The largest absolute Gasteiger partial charge is 0.497 e. The number of hydrogen-bond donors (Lipinski definition) is 0. The highest BCUT2D eigenvalue weighted by Crippen LogP contribution is 2.31. The normalized spacial score (nSPS) is 11.2. The molecule has 4 aromatic rings. The Labute approximate surface area is 198 Å². The van der Waals surface area contributed by atoms with E-state index in [-0.39, 0.29) is 12.4 Å². The molecule has 170 valence electrons. The highest BCUT2D eigenvalue weighted by atomic mass is 19.1. The van der Waals surface area contributed by atoms with Gasteiger partial charge in [0, 0.05) is 16.9 Å². The summed E-state index contributed by atoms with van der Waals surface area (Å²) in [7, 11) is 1.63. The molecule has 0 atom stereocenters. The molecule has 1 heterocycles. The summed E-state index contributed by atoms with van der Waals surface area (Å²) < 4.78 is 21.0. The van der Waals surface area contributed by atoms with Crippen molar-refractivity contribution in [3.63, 3.8) is 0 Å². The third-order valence-corrected chi connectivity index (χ3v) is 5.60. The monoisotopic (exact) mass is 453 g/mol. The molecule has 0 unspecified atom stereocenters. The SMILES string of the molecule is COc1ccc(-n2c(-c3ccc(F)cc3)cc(/C(C)=N/OCc3cccc(C#N)c3)c2C)cc1. The molecule has 0 fully saturated rings. The van der Waals surface area contributed by atoms with Crippen molar-refractivity contribution >= 4 is 5.71 Å². The number of oxime groups is 1. The van der Waals surface area contributed by atoms with E-state index in [1.165, 1.54) is 12.1 Å². The van der Waals surface area contributed by atoms with Crippen LogP contribution in [0.25, 0.3) is 16.9 Å². The molecule has 0 radical (unpaired) electrons. The molecule has 0 aliphatic rings. The maximum atomic E-state index is 13.6. The summed E-state index contributed by atoms with van der Waals surface area (Å²) in [6.45, 7) is 4.17. The Morgan fingerprint density at radius 2 is 1.76 bits per heavy atom. The Balaban J connectivity index is 1.69. The average molecular weight is 454 g/mol. The Morgan fingerprint density at radius 3 is 2.44 bits per heavy atom. The van der Waals surface area contributed by atoms with Gasteiger partial charge in [-0.25, -0.2) is 4.39 Å². The van der Waals surface area contributed by atoms with Crippen LogP contribution in [0.4, 0.5) is 4.39 Å². The van der Waals surface area contributed by atoms with Gasteiger partial charge in [-0.2, -0.15) is 5.26 Å². The van der Waals surface area contributed by atoms with Gasteiger partial charge in [-0.15, -0.1) is 0 Å². The lowest BCUT2D eigenvalue weighted by atomic mass is 10.1. The first kappa shape index (κ1) is 22.8. The van der Waals surface area contributed by atoms with Crippen LogP contribution >= 0.6 is 0 Å². The third kappa shape index (κ3) is 4.84. The Morgan fingerprint density at radius 1 is 1.03 bits per heavy atom. The van der Waals surface area contributed by atoms with Crippen molar-refractivity contribution in [2.45, 2.75) is 20.5 Å². The Bertz CT molecular complexity index is 1360. The summed E-state index contributed by atoms with van der Waals surface area (Å²) >= 11 is 0. The van der Waals surface area contributed by atoms with Gasteiger partial charge in [-0.1, -0.05) is 17.3 Å². The van der Waals surface area contributed by atoms with E-state index in [0.717, 1.165) is 39.5 Å². The van der Waals surface area contributed by atoms with Gasteiger partial charge in [-0.3, -0.25) is 0 Å². The molecular formula is C28H24FN3O2. The number of hydrogen-bond acceptors (Lipinski definition) is 4. The second-order valence-electron chi connectivity index (χ2n) is 7.83. The lowest BCUT2D eigenvalue weighted by Gasteiger charge is -2.13. The van der Waals surface area contributed by atoms with E-state index in [1.54, 1.807) is 31.4 Å². The second kappa shape index (κ2) is 10.1. The van der Waals surface area contributed by atoms with Crippen LogP contribution < -0.4 is 4.74 Å². The summed E-state index contributed by atoms with van der Waals surface area (Å²) in [6, 6.07) is 25.6. The van der Waals surface area contributed by atoms with Gasteiger partial charge in [0.15, 0.2) is 0 Å². The van der Waals surface area contributed by atoms with E-state index in [9.17, 15) is 4.39 Å². The zero-order valence-corrected chi connectivity index (χ0v) is 19.2. The standard InChI is InChI=1S/C28H24FN3O2/c1-19(31-34-18-22-6-4-5-21(15-22)17-30)27-16-28(23-7-9-24(29)10-8-23)32(20(27)2)25-11-13-26(33-3)14-12-25/h4-16H,18H2,1-3H3/b31-19+.